The SMILES string of the molecule is O=C(NN1CCNC(Cl)C1)c1cc2ccccc2o1. The highest BCUT2D eigenvalue weighted by atomic mass is 35.5. The van der Waals surface area contributed by atoms with Gasteiger partial charge in [-0.15, -0.1) is 11.6 Å². The third-order valence-electron chi connectivity index (χ3n) is 3.04. The minimum atomic E-state index is -0.248. The van der Waals surface area contributed by atoms with Crippen LogP contribution in [0, 0.1) is 0 Å². The Bertz CT molecular complexity index is 565. The Hall–Kier alpha value is -1.56. The Morgan fingerprint density at radius 1 is 1.47 bits per heavy atom. The number of halogens is 1. The van der Waals surface area contributed by atoms with Crippen LogP contribution in [0.4, 0.5) is 0 Å². The second-order valence-corrected chi connectivity index (χ2v) is 4.98. The molecule has 0 saturated carbocycles. The number of rotatable bonds is 2. The zero-order valence-electron chi connectivity index (χ0n) is 10.2. The number of para-hydroxylation sites is 1. The number of carbonyl (C=O) groups excluding carboxylic acids is 1. The van der Waals surface area contributed by atoms with Crippen molar-refractivity contribution in [1.82, 2.24) is 15.8 Å². The zero-order valence-corrected chi connectivity index (χ0v) is 11.0. The standard InChI is InChI=1S/C13H14ClN3O2/c14-12-8-17(6-5-15-12)16-13(18)11-7-9-3-1-2-4-10(9)19-11/h1-4,7,12,15H,5-6,8H2,(H,16,18). The van der Waals surface area contributed by atoms with E-state index >= 15 is 0 Å². The molecule has 1 fully saturated rings. The number of fused-ring (bicyclic) bond motifs is 1. The van der Waals surface area contributed by atoms with Crippen molar-refractivity contribution in [2.75, 3.05) is 19.6 Å². The molecule has 1 aromatic heterocycles. The van der Waals surface area contributed by atoms with Gasteiger partial charge in [-0.1, -0.05) is 18.2 Å². The van der Waals surface area contributed by atoms with Gasteiger partial charge in [0.15, 0.2) is 5.76 Å². The molecule has 1 saturated heterocycles. The van der Waals surface area contributed by atoms with Gasteiger partial charge in [0, 0.05) is 25.0 Å². The average Bonchev–Trinajstić information content (AvgIpc) is 2.82. The van der Waals surface area contributed by atoms with Crippen molar-refractivity contribution in [2.45, 2.75) is 5.50 Å². The van der Waals surface area contributed by atoms with E-state index < -0.39 is 0 Å². The number of amides is 1. The monoisotopic (exact) mass is 279 g/mol. The van der Waals surface area contributed by atoms with Crippen LogP contribution in [0.3, 0.4) is 0 Å². The third kappa shape index (κ3) is 2.73. The lowest BCUT2D eigenvalue weighted by molar-refractivity contribution is 0.0726. The summed E-state index contributed by atoms with van der Waals surface area (Å²) in [5, 5.41) is 5.81. The van der Waals surface area contributed by atoms with Gasteiger partial charge in [0.05, 0.1) is 5.50 Å². The summed E-state index contributed by atoms with van der Waals surface area (Å²) in [5.41, 5.74) is 3.37. The quantitative estimate of drug-likeness (QED) is 0.647. The van der Waals surface area contributed by atoms with Crippen LogP contribution >= 0.6 is 11.6 Å². The van der Waals surface area contributed by atoms with Crippen molar-refractivity contribution in [1.29, 1.82) is 0 Å². The van der Waals surface area contributed by atoms with Gasteiger partial charge < -0.3 is 4.42 Å². The van der Waals surface area contributed by atoms with Crippen molar-refractivity contribution in [3.05, 3.63) is 36.1 Å². The van der Waals surface area contributed by atoms with E-state index in [-0.39, 0.29) is 11.4 Å². The third-order valence-corrected chi connectivity index (χ3v) is 3.33. The van der Waals surface area contributed by atoms with Gasteiger partial charge in [-0.05, 0) is 12.1 Å². The summed E-state index contributed by atoms with van der Waals surface area (Å²) in [4.78, 5) is 12.1. The first-order valence-corrected chi connectivity index (χ1v) is 6.58. The lowest BCUT2D eigenvalue weighted by Crippen LogP contribution is -2.55. The van der Waals surface area contributed by atoms with Crippen LogP contribution in [0.1, 0.15) is 10.6 Å². The van der Waals surface area contributed by atoms with Gasteiger partial charge in [-0.2, -0.15) is 0 Å². The van der Waals surface area contributed by atoms with Gasteiger partial charge in [0.2, 0.25) is 0 Å². The number of hydrogen-bond acceptors (Lipinski definition) is 4. The van der Waals surface area contributed by atoms with Crippen LogP contribution in [-0.2, 0) is 0 Å². The van der Waals surface area contributed by atoms with Crippen LogP contribution < -0.4 is 10.7 Å². The van der Waals surface area contributed by atoms with Crippen LogP contribution in [-0.4, -0.2) is 36.1 Å². The Morgan fingerprint density at radius 2 is 2.32 bits per heavy atom. The minimum absolute atomic E-state index is 0.148. The zero-order chi connectivity index (χ0) is 13.2. The number of furan rings is 1. The number of hydrogen-bond donors (Lipinski definition) is 2. The van der Waals surface area contributed by atoms with Crippen LogP contribution in [0.5, 0.6) is 0 Å². The molecule has 0 bridgehead atoms. The van der Waals surface area contributed by atoms with Gasteiger partial charge in [0.1, 0.15) is 5.58 Å². The molecule has 0 radical (unpaired) electrons. The fraction of sp³-hybridized carbons (Fsp3) is 0.308. The fourth-order valence-electron chi connectivity index (χ4n) is 2.10. The molecule has 2 N–H and O–H groups in total. The van der Waals surface area contributed by atoms with Gasteiger partial charge in [-0.25, -0.2) is 5.01 Å². The van der Waals surface area contributed by atoms with E-state index in [1.165, 1.54) is 0 Å². The molecule has 1 amide bonds. The molecule has 2 heterocycles. The van der Waals surface area contributed by atoms with Crippen molar-refractivity contribution in [3.8, 4) is 0 Å². The topological polar surface area (TPSA) is 57.5 Å². The van der Waals surface area contributed by atoms with Gasteiger partial charge >= 0.3 is 5.91 Å². The van der Waals surface area contributed by atoms with Crippen molar-refractivity contribution >= 4 is 28.5 Å². The molecule has 0 aliphatic carbocycles. The number of carbonyl (C=O) groups is 1. The summed E-state index contributed by atoms with van der Waals surface area (Å²) in [7, 11) is 0. The molecule has 6 heteroatoms. The Kier molecular flexibility index (Phi) is 3.42. The average molecular weight is 280 g/mol. The molecule has 1 aliphatic heterocycles. The molecule has 2 aromatic rings. The molecule has 0 spiro atoms. The molecular formula is C13H14ClN3O2. The molecule has 1 aliphatic rings. The molecule has 19 heavy (non-hydrogen) atoms. The second kappa shape index (κ2) is 5.21. The predicted octanol–water partition coefficient (Wildman–Crippen LogP) is 1.55. The first-order chi connectivity index (χ1) is 9.22. The Labute approximate surface area is 115 Å². The minimum Gasteiger partial charge on any atom is -0.451 e. The second-order valence-electron chi connectivity index (χ2n) is 4.46. The lowest BCUT2D eigenvalue weighted by Gasteiger charge is -2.30. The summed E-state index contributed by atoms with van der Waals surface area (Å²) in [6.45, 7) is 2.03. The van der Waals surface area contributed by atoms with Crippen molar-refractivity contribution < 1.29 is 9.21 Å². The number of nitrogens with one attached hydrogen (secondary N) is 2. The van der Waals surface area contributed by atoms with E-state index in [9.17, 15) is 4.79 Å². The highest BCUT2D eigenvalue weighted by Gasteiger charge is 2.20. The Morgan fingerprint density at radius 3 is 3.11 bits per heavy atom. The van der Waals surface area contributed by atoms with E-state index in [2.05, 4.69) is 10.7 Å². The van der Waals surface area contributed by atoms with E-state index in [1.807, 2.05) is 24.3 Å². The van der Waals surface area contributed by atoms with Crippen molar-refractivity contribution in [2.24, 2.45) is 0 Å². The summed E-state index contributed by atoms with van der Waals surface area (Å²) in [5.74, 6) is 0.0628. The molecule has 1 atom stereocenters. The number of nitrogens with zero attached hydrogens (tertiary/aromatic N) is 1. The maximum Gasteiger partial charge on any atom is 0.301 e. The van der Waals surface area contributed by atoms with E-state index in [0.29, 0.717) is 17.9 Å². The highest BCUT2D eigenvalue weighted by Crippen LogP contribution is 2.18. The molecule has 100 valence electrons. The Balaban J connectivity index is 1.72. The summed E-state index contributed by atoms with van der Waals surface area (Å²) < 4.78 is 5.51. The largest absolute Gasteiger partial charge is 0.451 e. The lowest BCUT2D eigenvalue weighted by atomic mass is 10.2. The van der Waals surface area contributed by atoms with Gasteiger partial charge in [0.25, 0.3) is 0 Å². The predicted molar refractivity (Wildman–Crippen MR) is 72.9 cm³/mol. The first kappa shape index (κ1) is 12.5. The van der Waals surface area contributed by atoms with E-state index in [0.717, 1.165) is 18.5 Å². The number of alkyl halides is 1. The van der Waals surface area contributed by atoms with Crippen LogP contribution in [0.15, 0.2) is 34.7 Å². The highest BCUT2D eigenvalue weighted by molar-refractivity contribution is 6.20. The van der Waals surface area contributed by atoms with Gasteiger partial charge in [-0.3, -0.25) is 15.5 Å². The first-order valence-electron chi connectivity index (χ1n) is 6.14. The maximum atomic E-state index is 12.1. The maximum absolute atomic E-state index is 12.1. The van der Waals surface area contributed by atoms with E-state index in [4.69, 9.17) is 16.0 Å². The number of benzene rings is 1. The molecule has 1 unspecified atom stereocenters. The number of piperazine rings is 1. The van der Waals surface area contributed by atoms with Crippen LogP contribution in [0.2, 0.25) is 0 Å². The number of hydrazine groups is 1. The van der Waals surface area contributed by atoms with E-state index in [1.54, 1.807) is 11.1 Å². The molecule has 3 rings (SSSR count). The molecule has 1 aromatic carbocycles. The fourth-order valence-corrected chi connectivity index (χ4v) is 2.38. The molecular weight excluding hydrogens is 266 g/mol. The van der Waals surface area contributed by atoms with Crippen molar-refractivity contribution in [3.63, 3.8) is 0 Å². The summed E-state index contributed by atoms with van der Waals surface area (Å²) in [6, 6.07) is 9.28. The van der Waals surface area contributed by atoms with Crippen LogP contribution in [0.25, 0.3) is 11.0 Å². The summed E-state index contributed by atoms with van der Waals surface area (Å²) in [6.07, 6.45) is 0. The smallest absolute Gasteiger partial charge is 0.301 e. The molecule has 5 nitrogen and oxygen atoms in total. The normalized spacial score (nSPS) is 20.6. The summed E-state index contributed by atoms with van der Waals surface area (Å²) >= 11 is 5.98.